The molecular weight excluding hydrogens is 304 g/mol. The van der Waals surface area contributed by atoms with Gasteiger partial charge in [0.25, 0.3) is 5.91 Å². The van der Waals surface area contributed by atoms with Gasteiger partial charge in [0.2, 0.25) is 0 Å². The third-order valence-corrected chi connectivity index (χ3v) is 4.18. The molecule has 126 valence electrons. The van der Waals surface area contributed by atoms with Crippen LogP contribution in [-0.4, -0.2) is 52.1 Å². The molecule has 3 heterocycles. The zero-order chi connectivity index (χ0) is 16.8. The molecule has 0 aliphatic carbocycles. The van der Waals surface area contributed by atoms with Gasteiger partial charge < -0.3 is 14.9 Å². The van der Waals surface area contributed by atoms with Gasteiger partial charge in [-0.3, -0.25) is 9.78 Å². The van der Waals surface area contributed by atoms with Gasteiger partial charge in [-0.15, -0.1) is 0 Å². The van der Waals surface area contributed by atoms with E-state index in [9.17, 15) is 9.90 Å². The maximum absolute atomic E-state index is 12.7. The van der Waals surface area contributed by atoms with Crippen LogP contribution in [0.1, 0.15) is 28.8 Å². The minimum atomic E-state index is -0.131. The van der Waals surface area contributed by atoms with E-state index in [-0.39, 0.29) is 19.1 Å². The highest BCUT2D eigenvalue weighted by Gasteiger charge is 2.18. The third kappa shape index (κ3) is 3.89. The number of aliphatic hydroxyl groups excluding tert-OH is 1. The van der Waals surface area contributed by atoms with Gasteiger partial charge in [-0.1, -0.05) is 6.07 Å². The van der Waals surface area contributed by atoms with Crippen LogP contribution in [0.5, 0.6) is 0 Å². The van der Waals surface area contributed by atoms with Gasteiger partial charge in [0, 0.05) is 44.8 Å². The van der Waals surface area contributed by atoms with E-state index < -0.39 is 0 Å². The van der Waals surface area contributed by atoms with Crippen molar-refractivity contribution in [2.24, 2.45) is 0 Å². The van der Waals surface area contributed by atoms with Crippen molar-refractivity contribution in [3.05, 3.63) is 54.0 Å². The molecule has 1 amide bonds. The standard InChI is InChI=1S/C18H22N4O2/c23-11-10-22(14-15-4-3-7-19-12-15)18(24)16-5-6-17(20-13-16)21-8-1-2-9-21/h3-7,12-13,23H,1-2,8-11,14H2. The molecule has 0 aromatic carbocycles. The van der Waals surface area contributed by atoms with E-state index in [1.165, 1.54) is 12.8 Å². The molecule has 0 unspecified atom stereocenters. The van der Waals surface area contributed by atoms with Crippen LogP contribution in [0.3, 0.4) is 0 Å². The molecule has 0 atom stereocenters. The number of aliphatic hydroxyl groups is 1. The monoisotopic (exact) mass is 326 g/mol. The van der Waals surface area contributed by atoms with Gasteiger partial charge in [-0.2, -0.15) is 0 Å². The van der Waals surface area contributed by atoms with Gasteiger partial charge >= 0.3 is 0 Å². The number of amides is 1. The normalized spacial score (nSPS) is 14.0. The number of nitrogens with zero attached hydrogens (tertiary/aromatic N) is 4. The topological polar surface area (TPSA) is 69.6 Å². The van der Waals surface area contributed by atoms with Crippen molar-refractivity contribution in [3.8, 4) is 0 Å². The van der Waals surface area contributed by atoms with E-state index in [0.717, 1.165) is 24.5 Å². The summed E-state index contributed by atoms with van der Waals surface area (Å²) >= 11 is 0. The quantitative estimate of drug-likeness (QED) is 0.875. The van der Waals surface area contributed by atoms with Crippen molar-refractivity contribution in [2.45, 2.75) is 19.4 Å². The molecule has 0 spiro atoms. The highest BCUT2D eigenvalue weighted by molar-refractivity contribution is 5.94. The fraction of sp³-hybridized carbons (Fsp3) is 0.389. The van der Waals surface area contributed by atoms with E-state index in [0.29, 0.717) is 12.1 Å². The van der Waals surface area contributed by atoms with Crippen molar-refractivity contribution in [1.29, 1.82) is 0 Å². The molecular formula is C18H22N4O2. The highest BCUT2D eigenvalue weighted by Crippen LogP contribution is 2.18. The molecule has 0 radical (unpaired) electrons. The van der Waals surface area contributed by atoms with Crippen molar-refractivity contribution in [2.75, 3.05) is 31.1 Å². The average Bonchev–Trinajstić information content (AvgIpc) is 3.16. The zero-order valence-electron chi connectivity index (χ0n) is 13.6. The number of aromatic nitrogens is 2. The van der Waals surface area contributed by atoms with Crippen LogP contribution in [0.4, 0.5) is 5.82 Å². The molecule has 6 nitrogen and oxygen atoms in total. The van der Waals surface area contributed by atoms with Crippen LogP contribution in [0.2, 0.25) is 0 Å². The molecule has 1 saturated heterocycles. The Bertz CT molecular complexity index is 654. The molecule has 3 rings (SSSR count). The number of carbonyl (C=O) groups is 1. The van der Waals surface area contributed by atoms with Gasteiger partial charge in [0.15, 0.2) is 0 Å². The molecule has 1 aliphatic heterocycles. The number of hydrogen-bond acceptors (Lipinski definition) is 5. The lowest BCUT2D eigenvalue weighted by atomic mass is 10.2. The first-order chi connectivity index (χ1) is 11.8. The number of hydrogen-bond donors (Lipinski definition) is 1. The Hall–Kier alpha value is -2.47. The average molecular weight is 326 g/mol. The Morgan fingerprint density at radius 3 is 2.67 bits per heavy atom. The Labute approximate surface area is 141 Å². The van der Waals surface area contributed by atoms with Crippen LogP contribution in [-0.2, 0) is 6.54 Å². The minimum absolute atomic E-state index is 0.0781. The molecule has 1 fully saturated rings. The van der Waals surface area contributed by atoms with Crippen molar-refractivity contribution >= 4 is 11.7 Å². The summed E-state index contributed by atoms with van der Waals surface area (Å²) in [6, 6.07) is 7.47. The molecule has 1 aliphatic rings. The largest absolute Gasteiger partial charge is 0.395 e. The predicted octanol–water partition coefficient (Wildman–Crippen LogP) is 1.71. The van der Waals surface area contributed by atoms with E-state index in [2.05, 4.69) is 14.9 Å². The van der Waals surface area contributed by atoms with E-state index in [1.807, 2.05) is 24.3 Å². The van der Waals surface area contributed by atoms with Gasteiger partial charge in [-0.05, 0) is 36.6 Å². The fourth-order valence-corrected chi connectivity index (χ4v) is 2.91. The Morgan fingerprint density at radius 2 is 2.04 bits per heavy atom. The van der Waals surface area contributed by atoms with Crippen molar-refractivity contribution < 1.29 is 9.90 Å². The first kappa shape index (κ1) is 16.4. The summed E-state index contributed by atoms with van der Waals surface area (Å²) in [4.78, 5) is 25.1. The minimum Gasteiger partial charge on any atom is -0.395 e. The summed E-state index contributed by atoms with van der Waals surface area (Å²) in [6.07, 6.45) is 7.44. The molecule has 0 saturated carbocycles. The van der Waals surface area contributed by atoms with Gasteiger partial charge in [-0.25, -0.2) is 4.98 Å². The first-order valence-corrected chi connectivity index (χ1v) is 8.28. The van der Waals surface area contributed by atoms with Crippen LogP contribution in [0, 0.1) is 0 Å². The lowest BCUT2D eigenvalue weighted by Gasteiger charge is -2.22. The fourth-order valence-electron chi connectivity index (χ4n) is 2.91. The second-order valence-electron chi connectivity index (χ2n) is 5.91. The number of pyridine rings is 2. The summed E-state index contributed by atoms with van der Waals surface area (Å²) in [6.45, 7) is 2.67. The number of anilines is 1. The van der Waals surface area contributed by atoms with Crippen LogP contribution in [0.15, 0.2) is 42.9 Å². The number of rotatable bonds is 6. The highest BCUT2D eigenvalue weighted by atomic mass is 16.3. The van der Waals surface area contributed by atoms with Crippen molar-refractivity contribution in [3.63, 3.8) is 0 Å². The maximum Gasteiger partial charge on any atom is 0.255 e. The van der Waals surface area contributed by atoms with Crippen LogP contribution >= 0.6 is 0 Å². The lowest BCUT2D eigenvalue weighted by Crippen LogP contribution is -2.33. The second-order valence-corrected chi connectivity index (χ2v) is 5.91. The maximum atomic E-state index is 12.7. The molecule has 24 heavy (non-hydrogen) atoms. The second kappa shape index (κ2) is 7.88. The lowest BCUT2D eigenvalue weighted by molar-refractivity contribution is 0.0707. The van der Waals surface area contributed by atoms with Crippen LogP contribution < -0.4 is 4.90 Å². The van der Waals surface area contributed by atoms with Crippen molar-refractivity contribution in [1.82, 2.24) is 14.9 Å². The molecule has 1 N–H and O–H groups in total. The zero-order valence-corrected chi connectivity index (χ0v) is 13.6. The molecule has 0 bridgehead atoms. The van der Waals surface area contributed by atoms with E-state index in [1.54, 1.807) is 23.5 Å². The summed E-state index contributed by atoms with van der Waals surface area (Å²) < 4.78 is 0. The summed E-state index contributed by atoms with van der Waals surface area (Å²) in [5.74, 6) is 0.790. The van der Waals surface area contributed by atoms with E-state index in [4.69, 9.17) is 0 Å². The van der Waals surface area contributed by atoms with E-state index >= 15 is 0 Å². The third-order valence-electron chi connectivity index (χ3n) is 4.18. The Kier molecular flexibility index (Phi) is 5.38. The first-order valence-electron chi connectivity index (χ1n) is 8.28. The molecule has 2 aromatic rings. The van der Waals surface area contributed by atoms with Crippen LogP contribution in [0.25, 0.3) is 0 Å². The smallest absolute Gasteiger partial charge is 0.255 e. The predicted molar refractivity (Wildman–Crippen MR) is 91.7 cm³/mol. The number of carbonyl (C=O) groups excluding carboxylic acids is 1. The SMILES string of the molecule is O=C(c1ccc(N2CCCC2)nc1)N(CCO)Cc1cccnc1. The van der Waals surface area contributed by atoms with Gasteiger partial charge in [0.1, 0.15) is 5.82 Å². The Morgan fingerprint density at radius 1 is 1.21 bits per heavy atom. The van der Waals surface area contributed by atoms with Gasteiger partial charge in [0.05, 0.1) is 12.2 Å². The summed E-state index contributed by atoms with van der Waals surface area (Å²) in [7, 11) is 0. The molecule has 2 aromatic heterocycles. The Balaban J connectivity index is 1.71. The summed E-state index contributed by atoms with van der Waals surface area (Å²) in [5.41, 5.74) is 1.47. The molecule has 6 heteroatoms. The summed E-state index contributed by atoms with van der Waals surface area (Å²) in [5, 5.41) is 9.27.